The number of rotatable bonds is 7. The molecule has 33 heavy (non-hydrogen) atoms. The van der Waals surface area contributed by atoms with E-state index >= 15 is 0 Å². The van der Waals surface area contributed by atoms with Gasteiger partial charge in [0.05, 0.1) is 6.54 Å². The summed E-state index contributed by atoms with van der Waals surface area (Å²) in [5.41, 5.74) is 2.60. The highest BCUT2D eigenvalue weighted by Gasteiger charge is 2.26. The quantitative estimate of drug-likeness (QED) is 0.583. The first-order chi connectivity index (χ1) is 16.1. The number of likely N-dealkylation sites (N-methyl/N-ethyl adjacent to an activating group) is 1. The number of hydrogen-bond donors (Lipinski definition) is 2. The first-order valence-electron chi connectivity index (χ1n) is 11.2. The maximum atomic E-state index is 12.5. The van der Waals surface area contributed by atoms with Crippen molar-refractivity contribution >= 4 is 11.7 Å². The van der Waals surface area contributed by atoms with Gasteiger partial charge in [0.25, 0.3) is 0 Å². The fraction of sp³-hybridized carbons (Fsp3) is 0.320. The van der Waals surface area contributed by atoms with Gasteiger partial charge in [-0.15, -0.1) is 0 Å². The van der Waals surface area contributed by atoms with E-state index in [1.54, 1.807) is 12.3 Å². The molecule has 8 nitrogen and oxygen atoms in total. The summed E-state index contributed by atoms with van der Waals surface area (Å²) in [6.07, 6.45) is 3.18. The van der Waals surface area contributed by atoms with Crippen LogP contribution in [0.5, 0.6) is 0 Å². The minimum absolute atomic E-state index is 0.240. The van der Waals surface area contributed by atoms with Crippen LogP contribution in [0.4, 0.5) is 10.5 Å². The summed E-state index contributed by atoms with van der Waals surface area (Å²) in [5, 5.41) is 5.86. The molecule has 2 N–H and O–H groups in total. The van der Waals surface area contributed by atoms with Crippen LogP contribution >= 0.6 is 0 Å². The van der Waals surface area contributed by atoms with E-state index in [2.05, 4.69) is 56.7 Å². The van der Waals surface area contributed by atoms with Crippen LogP contribution in [0.1, 0.15) is 17.2 Å². The van der Waals surface area contributed by atoms with Crippen LogP contribution in [0.15, 0.2) is 77.9 Å². The van der Waals surface area contributed by atoms with Crippen LogP contribution < -0.4 is 16.3 Å². The molecule has 0 aliphatic carbocycles. The van der Waals surface area contributed by atoms with Gasteiger partial charge >= 0.3 is 11.7 Å². The number of urea groups is 1. The molecule has 1 atom stereocenters. The van der Waals surface area contributed by atoms with E-state index in [1.807, 2.05) is 30.3 Å². The molecule has 0 radical (unpaired) electrons. The first kappa shape index (κ1) is 22.7. The number of aromatic nitrogens is 2. The number of piperazine rings is 1. The number of hydrogen-bond acceptors (Lipinski definition) is 5. The molecule has 0 unspecified atom stereocenters. The number of anilines is 1. The number of carbonyl (C=O) groups is 1. The molecule has 0 spiro atoms. The van der Waals surface area contributed by atoms with Crippen molar-refractivity contribution in [2.45, 2.75) is 12.6 Å². The van der Waals surface area contributed by atoms with E-state index in [0.29, 0.717) is 24.8 Å². The number of benzene rings is 2. The summed E-state index contributed by atoms with van der Waals surface area (Å²) in [6, 6.07) is 19.8. The molecule has 1 aromatic heterocycles. The van der Waals surface area contributed by atoms with Crippen molar-refractivity contribution in [2.75, 3.05) is 45.1 Å². The lowest BCUT2D eigenvalue weighted by Crippen LogP contribution is -2.49. The van der Waals surface area contributed by atoms with Gasteiger partial charge in [0, 0.05) is 56.8 Å². The van der Waals surface area contributed by atoms with E-state index in [0.717, 1.165) is 31.7 Å². The molecule has 1 saturated heterocycles. The molecule has 8 heteroatoms. The van der Waals surface area contributed by atoms with Crippen molar-refractivity contribution in [3.63, 3.8) is 0 Å². The second kappa shape index (κ2) is 10.9. The molecule has 1 fully saturated rings. The van der Waals surface area contributed by atoms with Gasteiger partial charge in [-0.2, -0.15) is 0 Å². The third kappa shape index (κ3) is 6.27. The third-order valence-electron chi connectivity index (χ3n) is 5.88. The second-order valence-electron chi connectivity index (χ2n) is 8.34. The maximum Gasteiger partial charge on any atom is 0.347 e. The Balaban J connectivity index is 1.29. The van der Waals surface area contributed by atoms with Gasteiger partial charge in [0.1, 0.15) is 0 Å². The van der Waals surface area contributed by atoms with E-state index in [4.69, 9.17) is 0 Å². The number of nitrogens with zero attached hydrogens (tertiary/aromatic N) is 4. The Hall–Kier alpha value is -3.49. The zero-order chi connectivity index (χ0) is 23.0. The van der Waals surface area contributed by atoms with Crippen molar-refractivity contribution in [1.82, 2.24) is 24.7 Å². The van der Waals surface area contributed by atoms with Crippen LogP contribution in [-0.4, -0.2) is 65.2 Å². The molecular weight excluding hydrogens is 416 g/mol. The molecule has 2 heterocycles. The van der Waals surface area contributed by atoms with Gasteiger partial charge in [0.2, 0.25) is 0 Å². The van der Waals surface area contributed by atoms with E-state index in [1.165, 1.54) is 16.3 Å². The van der Waals surface area contributed by atoms with Crippen molar-refractivity contribution in [2.24, 2.45) is 0 Å². The van der Waals surface area contributed by atoms with Crippen molar-refractivity contribution in [3.05, 3.63) is 94.7 Å². The molecule has 2 aromatic carbocycles. The molecule has 4 rings (SSSR count). The van der Waals surface area contributed by atoms with Crippen LogP contribution in [0.25, 0.3) is 0 Å². The second-order valence-corrected chi connectivity index (χ2v) is 8.34. The summed E-state index contributed by atoms with van der Waals surface area (Å²) in [7, 11) is 2.15. The largest absolute Gasteiger partial charge is 0.347 e. The Morgan fingerprint density at radius 3 is 2.76 bits per heavy atom. The summed E-state index contributed by atoms with van der Waals surface area (Å²) >= 11 is 0. The van der Waals surface area contributed by atoms with Gasteiger partial charge < -0.3 is 15.5 Å². The van der Waals surface area contributed by atoms with Crippen molar-refractivity contribution < 1.29 is 4.79 Å². The summed E-state index contributed by atoms with van der Waals surface area (Å²) in [4.78, 5) is 32.8. The Bertz CT molecular complexity index is 1120. The smallest absolute Gasteiger partial charge is 0.337 e. The Morgan fingerprint density at radius 1 is 1.09 bits per heavy atom. The monoisotopic (exact) mass is 446 g/mol. The molecule has 0 saturated carbocycles. The Kier molecular flexibility index (Phi) is 7.49. The van der Waals surface area contributed by atoms with Crippen LogP contribution in [0, 0.1) is 0 Å². The zero-order valence-electron chi connectivity index (χ0n) is 18.9. The summed E-state index contributed by atoms with van der Waals surface area (Å²) in [5.74, 6) is 0. The van der Waals surface area contributed by atoms with Crippen LogP contribution in [0.3, 0.4) is 0 Å². The predicted molar refractivity (Wildman–Crippen MR) is 129 cm³/mol. The average molecular weight is 447 g/mol. The SMILES string of the molecule is CN1CCN(CCNC(=O)Nc2cccc(Cn3cccnc3=O)c2)[C@H](c2ccccc2)C1. The highest BCUT2D eigenvalue weighted by atomic mass is 16.2. The van der Waals surface area contributed by atoms with Gasteiger partial charge in [0.15, 0.2) is 0 Å². The normalized spacial score (nSPS) is 16.9. The van der Waals surface area contributed by atoms with Gasteiger partial charge in [-0.3, -0.25) is 9.47 Å². The lowest BCUT2D eigenvalue weighted by molar-refractivity contribution is 0.0913. The predicted octanol–water partition coefficient (Wildman–Crippen LogP) is 2.40. The number of nitrogens with one attached hydrogen (secondary N) is 2. The fourth-order valence-electron chi connectivity index (χ4n) is 4.16. The van der Waals surface area contributed by atoms with Gasteiger partial charge in [-0.1, -0.05) is 42.5 Å². The average Bonchev–Trinajstić information content (AvgIpc) is 2.82. The molecule has 1 aliphatic heterocycles. The topological polar surface area (TPSA) is 82.5 Å². The highest BCUT2D eigenvalue weighted by molar-refractivity contribution is 5.89. The van der Waals surface area contributed by atoms with Crippen molar-refractivity contribution in [3.8, 4) is 0 Å². The molecule has 0 bridgehead atoms. The fourth-order valence-corrected chi connectivity index (χ4v) is 4.16. The van der Waals surface area contributed by atoms with E-state index in [9.17, 15) is 9.59 Å². The lowest BCUT2D eigenvalue weighted by atomic mass is 10.0. The minimum Gasteiger partial charge on any atom is -0.337 e. The first-order valence-corrected chi connectivity index (χ1v) is 11.2. The van der Waals surface area contributed by atoms with Gasteiger partial charge in [-0.05, 0) is 36.4 Å². The molecule has 3 aromatic rings. The maximum absolute atomic E-state index is 12.5. The summed E-state index contributed by atoms with van der Waals surface area (Å²) < 4.78 is 1.53. The standard InChI is InChI=1S/C25H30N6O2/c1-29-15-16-30(23(19-29)21-8-3-2-4-9-21)14-12-26-24(32)28-22-10-5-7-20(17-22)18-31-13-6-11-27-25(31)33/h2-11,13,17,23H,12,14-16,18-19H2,1H3,(H2,26,28,32)/t23-/m0/s1. The Labute approximate surface area is 193 Å². The zero-order valence-corrected chi connectivity index (χ0v) is 18.9. The third-order valence-corrected chi connectivity index (χ3v) is 5.88. The van der Waals surface area contributed by atoms with Crippen LogP contribution in [0.2, 0.25) is 0 Å². The van der Waals surface area contributed by atoms with E-state index in [-0.39, 0.29) is 11.7 Å². The van der Waals surface area contributed by atoms with E-state index < -0.39 is 0 Å². The van der Waals surface area contributed by atoms with Gasteiger partial charge in [-0.25, -0.2) is 14.6 Å². The molecular formula is C25H30N6O2. The summed E-state index contributed by atoms with van der Waals surface area (Å²) in [6.45, 7) is 4.70. The molecule has 172 valence electrons. The van der Waals surface area contributed by atoms with Crippen LogP contribution in [-0.2, 0) is 6.54 Å². The van der Waals surface area contributed by atoms with Crippen molar-refractivity contribution in [1.29, 1.82) is 0 Å². The minimum atomic E-state index is -0.300. The number of carbonyl (C=O) groups excluding carboxylic acids is 1. The lowest BCUT2D eigenvalue weighted by Gasteiger charge is -2.40. The number of amides is 2. The Morgan fingerprint density at radius 2 is 1.94 bits per heavy atom. The molecule has 1 aliphatic rings. The highest BCUT2D eigenvalue weighted by Crippen LogP contribution is 2.24. The molecule has 2 amide bonds.